The molecule has 9 nitrogen and oxygen atoms in total. The van der Waals surface area contributed by atoms with Gasteiger partial charge in [-0.2, -0.15) is 5.10 Å². The zero-order valence-corrected chi connectivity index (χ0v) is 18.4. The van der Waals surface area contributed by atoms with E-state index in [0.717, 1.165) is 10.4 Å². The van der Waals surface area contributed by atoms with E-state index >= 15 is 4.39 Å². The van der Waals surface area contributed by atoms with E-state index in [1.807, 2.05) is 6.07 Å². The normalized spacial score (nSPS) is 11.5. The molecule has 34 heavy (non-hydrogen) atoms. The van der Waals surface area contributed by atoms with E-state index in [4.69, 9.17) is 10.7 Å². The molecule has 0 bridgehead atoms. The predicted molar refractivity (Wildman–Crippen MR) is 128 cm³/mol. The Morgan fingerprint density at radius 3 is 2.71 bits per heavy atom. The van der Waals surface area contributed by atoms with E-state index in [0.29, 0.717) is 44.2 Å². The number of aromatic amines is 2. The number of carbonyl (C=O) groups is 1. The summed E-state index contributed by atoms with van der Waals surface area (Å²) in [7, 11) is 0. The average molecular weight is 470 g/mol. The zero-order chi connectivity index (χ0) is 23.4. The molecule has 0 radical (unpaired) electrons. The molecule has 0 fully saturated rings. The fourth-order valence-corrected chi connectivity index (χ4v) is 4.74. The van der Waals surface area contributed by atoms with E-state index in [1.54, 1.807) is 24.5 Å². The van der Waals surface area contributed by atoms with Gasteiger partial charge in [-0.05, 0) is 25.1 Å². The molecule has 0 aromatic carbocycles. The van der Waals surface area contributed by atoms with Gasteiger partial charge in [0.25, 0.3) is 0 Å². The first-order chi connectivity index (χ1) is 16.5. The largest absolute Gasteiger partial charge is 0.397 e. The molecule has 6 aromatic heterocycles. The van der Waals surface area contributed by atoms with Crippen LogP contribution in [0.25, 0.3) is 55.2 Å². The Morgan fingerprint density at radius 1 is 1.06 bits per heavy atom. The molecule has 0 amide bonds. The topological polar surface area (TPSA) is 139 Å². The number of imidazole rings is 1. The summed E-state index contributed by atoms with van der Waals surface area (Å²) < 4.78 is 15.7. The Hall–Kier alpha value is -4.51. The Labute approximate surface area is 194 Å². The van der Waals surface area contributed by atoms with Gasteiger partial charge in [-0.15, -0.1) is 11.3 Å². The molecule has 6 rings (SSSR count). The van der Waals surface area contributed by atoms with Crippen LogP contribution in [0.4, 0.5) is 10.1 Å². The lowest BCUT2D eigenvalue weighted by atomic mass is 10.1. The number of Topliss-reactive ketones (excluding diaryl/α,β-unsaturated/α-hetero) is 1. The molecule has 6 heterocycles. The van der Waals surface area contributed by atoms with Crippen molar-refractivity contribution in [2.75, 3.05) is 5.73 Å². The third-order valence-corrected chi connectivity index (χ3v) is 6.63. The summed E-state index contributed by atoms with van der Waals surface area (Å²) in [5.41, 5.74) is 9.61. The summed E-state index contributed by atoms with van der Waals surface area (Å²) in [6.45, 7) is 1.53. The minimum atomic E-state index is -0.559. The lowest BCUT2D eigenvalue weighted by Crippen LogP contribution is -1.94. The number of carbonyl (C=O) groups excluding carboxylic acids is 1. The average Bonchev–Trinajstić information content (AvgIpc) is 3.56. The van der Waals surface area contributed by atoms with Crippen LogP contribution in [0, 0.1) is 5.82 Å². The van der Waals surface area contributed by atoms with Crippen LogP contribution in [-0.2, 0) is 0 Å². The summed E-state index contributed by atoms with van der Waals surface area (Å²) in [5.74, 6) is -0.185. The highest BCUT2D eigenvalue weighted by atomic mass is 32.1. The first-order valence-electron chi connectivity index (χ1n) is 10.2. The van der Waals surface area contributed by atoms with Crippen LogP contribution < -0.4 is 5.73 Å². The summed E-state index contributed by atoms with van der Waals surface area (Å²) >= 11 is 1.37. The number of nitrogens with two attached hydrogens (primary N) is 1. The van der Waals surface area contributed by atoms with Gasteiger partial charge < -0.3 is 10.7 Å². The van der Waals surface area contributed by atoms with Gasteiger partial charge in [-0.25, -0.2) is 9.37 Å². The third-order valence-electron chi connectivity index (χ3n) is 5.41. The van der Waals surface area contributed by atoms with Crippen molar-refractivity contribution in [3.8, 4) is 33.2 Å². The second-order valence-electron chi connectivity index (χ2n) is 7.68. The van der Waals surface area contributed by atoms with Crippen LogP contribution in [0.5, 0.6) is 0 Å². The molecule has 11 heteroatoms. The molecule has 0 atom stereocenters. The minimum absolute atomic E-state index is 0.00245. The highest BCUT2D eigenvalue weighted by molar-refractivity contribution is 7.17. The van der Waals surface area contributed by atoms with Crippen molar-refractivity contribution in [2.45, 2.75) is 6.92 Å². The fourth-order valence-electron chi connectivity index (χ4n) is 3.83. The molecule has 166 valence electrons. The molecule has 6 aromatic rings. The molecule has 0 saturated heterocycles. The number of nitrogen functional groups attached to an aromatic ring is 1. The SMILES string of the molecule is CC(=O)c1ccc(-c2cncc3[nH]c(-c4n[nH]c5cnc(-c6cncc(N)c6)c(F)c45)nc23)s1. The molecule has 0 aliphatic carbocycles. The van der Waals surface area contributed by atoms with E-state index in [-0.39, 0.29) is 16.9 Å². The fraction of sp³-hybridized carbons (Fsp3) is 0.0435. The van der Waals surface area contributed by atoms with Crippen molar-refractivity contribution in [2.24, 2.45) is 0 Å². The number of fused-ring (bicyclic) bond motifs is 2. The highest BCUT2D eigenvalue weighted by Crippen LogP contribution is 2.36. The van der Waals surface area contributed by atoms with Gasteiger partial charge in [0.2, 0.25) is 0 Å². The molecule has 0 saturated carbocycles. The van der Waals surface area contributed by atoms with Crippen molar-refractivity contribution in [1.29, 1.82) is 0 Å². The first-order valence-corrected chi connectivity index (χ1v) is 11.0. The Kier molecular flexibility index (Phi) is 4.45. The van der Waals surface area contributed by atoms with Crippen molar-refractivity contribution >= 4 is 44.7 Å². The van der Waals surface area contributed by atoms with Crippen molar-refractivity contribution < 1.29 is 9.18 Å². The Morgan fingerprint density at radius 2 is 1.91 bits per heavy atom. The lowest BCUT2D eigenvalue weighted by molar-refractivity contribution is 0.102. The van der Waals surface area contributed by atoms with Gasteiger partial charge in [-0.1, -0.05) is 0 Å². The number of anilines is 1. The van der Waals surface area contributed by atoms with Gasteiger partial charge in [0.1, 0.15) is 16.9 Å². The number of nitrogens with zero attached hydrogens (tertiary/aromatic N) is 5. The summed E-state index contributed by atoms with van der Waals surface area (Å²) in [6.07, 6.45) is 7.84. The minimum Gasteiger partial charge on any atom is -0.397 e. The highest BCUT2D eigenvalue weighted by Gasteiger charge is 2.21. The molecule has 4 N–H and O–H groups in total. The van der Waals surface area contributed by atoms with Crippen molar-refractivity contribution in [3.05, 3.63) is 59.9 Å². The molecular formula is C23H15FN8OS. The van der Waals surface area contributed by atoms with Crippen LogP contribution in [0.2, 0.25) is 0 Å². The van der Waals surface area contributed by atoms with Gasteiger partial charge in [-0.3, -0.25) is 24.8 Å². The Balaban J connectivity index is 1.52. The number of hydrogen-bond acceptors (Lipinski definition) is 8. The van der Waals surface area contributed by atoms with Crippen LogP contribution in [0.3, 0.4) is 0 Å². The molecule has 0 aliphatic heterocycles. The van der Waals surface area contributed by atoms with E-state index in [1.165, 1.54) is 36.9 Å². The van der Waals surface area contributed by atoms with Gasteiger partial charge in [0.05, 0.1) is 39.4 Å². The number of halogens is 1. The maximum absolute atomic E-state index is 15.7. The number of ketones is 1. The number of thiophene rings is 1. The smallest absolute Gasteiger partial charge is 0.169 e. The predicted octanol–water partition coefficient (Wildman–Crippen LogP) is 4.61. The summed E-state index contributed by atoms with van der Waals surface area (Å²) in [4.78, 5) is 33.7. The number of pyridine rings is 3. The number of H-pyrrole nitrogens is 2. The van der Waals surface area contributed by atoms with Crippen LogP contribution in [0.15, 0.2) is 49.2 Å². The zero-order valence-electron chi connectivity index (χ0n) is 17.6. The van der Waals surface area contributed by atoms with E-state index in [9.17, 15) is 4.79 Å². The second kappa shape index (κ2) is 7.52. The molecule has 0 spiro atoms. The van der Waals surface area contributed by atoms with Crippen molar-refractivity contribution in [3.63, 3.8) is 0 Å². The number of nitrogens with one attached hydrogen (secondary N) is 2. The Bertz CT molecular complexity index is 1730. The van der Waals surface area contributed by atoms with Crippen LogP contribution in [0.1, 0.15) is 16.6 Å². The lowest BCUT2D eigenvalue weighted by Gasteiger charge is -2.04. The van der Waals surface area contributed by atoms with E-state index < -0.39 is 5.82 Å². The van der Waals surface area contributed by atoms with Crippen LogP contribution >= 0.6 is 11.3 Å². The quantitative estimate of drug-likeness (QED) is 0.320. The number of aromatic nitrogens is 7. The van der Waals surface area contributed by atoms with E-state index in [2.05, 4.69) is 30.1 Å². The number of hydrogen-bond donors (Lipinski definition) is 3. The maximum Gasteiger partial charge on any atom is 0.169 e. The van der Waals surface area contributed by atoms with Crippen molar-refractivity contribution in [1.82, 2.24) is 35.1 Å². The van der Waals surface area contributed by atoms with Gasteiger partial charge >= 0.3 is 0 Å². The standard InChI is InChI=1S/C23H15FN8OS/c1-10(33)16-2-3-17(34-16)13-7-27-8-15-21(13)30-23(29-15)22-18-14(31-32-22)9-28-20(19(18)24)11-4-12(25)6-26-5-11/h2-9H,25H2,1H3,(H,29,30)(H,31,32). The second-order valence-corrected chi connectivity index (χ2v) is 8.76. The molecular weight excluding hydrogens is 455 g/mol. The molecule has 0 unspecified atom stereocenters. The monoisotopic (exact) mass is 470 g/mol. The molecule has 0 aliphatic rings. The first kappa shape index (κ1) is 20.1. The van der Waals surface area contributed by atoms with Gasteiger partial charge in [0, 0.05) is 34.6 Å². The summed E-state index contributed by atoms with van der Waals surface area (Å²) in [5, 5.41) is 7.37. The van der Waals surface area contributed by atoms with Crippen LogP contribution in [-0.4, -0.2) is 40.9 Å². The number of rotatable bonds is 4. The maximum atomic E-state index is 15.7. The summed E-state index contributed by atoms with van der Waals surface area (Å²) in [6, 6.07) is 5.26. The third kappa shape index (κ3) is 3.13. The van der Waals surface area contributed by atoms with Gasteiger partial charge in [0.15, 0.2) is 17.4 Å².